The molecule has 6 nitrogen and oxygen atoms in total. The first kappa shape index (κ1) is 17.9. The van der Waals surface area contributed by atoms with Crippen LogP contribution in [-0.4, -0.2) is 53.9 Å². The topological polar surface area (TPSA) is 74.3 Å². The predicted molar refractivity (Wildman–Crippen MR) is 91.6 cm³/mol. The van der Waals surface area contributed by atoms with Crippen LogP contribution in [0.5, 0.6) is 0 Å². The van der Waals surface area contributed by atoms with Crippen molar-refractivity contribution in [1.82, 2.24) is 20.5 Å². The number of thiazole rings is 1. The van der Waals surface area contributed by atoms with Crippen molar-refractivity contribution in [3.8, 4) is 0 Å². The maximum atomic E-state index is 12.2. The summed E-state index contributed by atoms with van der Waals surface area (Å²) in [5, 5.41) is 6.02. The highest BCUT2D eigenvalue weighted by Crippen LogP contribution is 2.15. The molecule has 1 aliphatic rings. The van der Waals surface area contributed by atoms with E-state index >= 15 is 0 Å². The van der Waals surface area contributed by atoms with E-state index < -0.39 is 0 Å². The lowest BCUT2D eigenvalue weighted by Crippen LogP contribution is -2.47. The van der Waals surface area contributed by atoms with Gasteiger partial charge in [0.05, 0.1) is 17.7 Å². The number of carbonyl (C=O) groups is 2. The number of hydrogen-bond acceptors (Lipinski definition) is 5. The van der Waals surface area contributed by atoms with Crippen LogP contribution in [-0.2, 0) is 4.79 Å². The summed E-state index contributed by atoms with van der Waals surface area (Å²) in [5.41, 5.74) is 2.48. The molecule has 0 bridgehead atoms. The Labute approximate surface area is 141 Å². The van der Waals surface area contributed by atoms with Gasteiger partial charge in [-0.05, 0) is 25.7 Å². The number of nitrogens with one attached hydrogen (secondary N) is 2. The van der Waals surface area contributed by atoms with Gasteiger partial charge in [0.25, 0.3) is 5.91 Å². The normalized spacial score (nSPS) is 16.5. The molecule has 1 aromatic rings. The fraction of sp³-hybridized carbons (Fsp3) is 0.688. The molecule has 0 unspecified atom stereocenters. The fourth-order valence-electron chi connectivity index (χ4n) is 2.58. The van der Waals surface area contributed by atoms with Gasteiger partial charge in [0.2, 0.25) is 5.91 Å². The minimum atomic E-state index is -0.0295. The molecule has 2 amide bonds. The Hall–Kier alpha value is -1.47. The van der Waals surface area contributed by atoms with Crippen molar-refractivity contribution in [3.05, 3.63) is 16.1 Å². The second-order valence-corrected chi connectivity index (χ2v) is 7.34. The van der Waals surface area contributed by atoms with E-state index in [1.54, 1.807) is 5.51 Å². The lowest BCUT2D eigenvalue weighted by molar-refractivity contribution is -0.122. The van der Waals surface area contributed by atoms with Crippen molar-refractivity contribution in [1.29, 1.82) is 0 Å². The molecule has 2 rings (SSSR count). The molecule has 0 spiro atoms. The van der Waals surface area contributed by atoms with Crippen LogP contribution in [0.2, 0.25) is 0 Å². The summed E-state index contributed by atoms with van der Waals surface area (Å²) in [6.45, 7) is 8.85. The van der Waals surface area contributed by atoms with Gasteiger partial charge >= 0.3 is 0 Å². The zero-order valence-corrected chi connectivity index (χ0v) is 14.9. The Morgan fingerprint density at radius 3 is 2.65 bits per heavy atom. The van der Waals surface area contributed by atoms with Gasteiger partial charge in [-0.3, -0.25) is 14.5 Å². The van der Waals surface area contributed by atoms with E-state index in [9.17, 15) is 9.59 Å². The lowest BCUT2D eigenvalue weighted by atomic mass is 10.0. The molecule has 0 aromatic carbocycles. The van der Waals surface area contributed by atoms with E-state index in [4.69, 9.17) is 0 Å². The van der Waals surface area contributed by atoms with Crippen molar-refractivity contribution in [2.24, 2.45) is 5.92 Å². The Morgan fingerprint density at radius 1 is 1.39 bits per heavy atom. The first-order valence-electron chi connectivity index (χ1n) is 8.15. The highest BCUT2D eigenvalue weighted by molar-refractivity contribution is 7.11. The van der Waals surface area contributed by atoms with E-state index in [0.29, 0.717) is 17.3 Å². The van der Waals surface area contributed by atoms with Gasteiger partial charge in [0.1, 0.15) is 4.88 Å². The molecule has 2 heterocycles. The number of rotatable bonds is 6. The third-order valence-corrected chi connectivity index (χ3v) is 4.88. The average Bonchev–Trinajstić information content (AvgIpc) is 2.93. The summed E-state index contributed by atoms with van der Waals surface area (Å²) >= 11 is 1.38. The van der Waals surface area contributed by atoms with Crippen LogP contribution >= 0.6 is 11.3 Å². The average molecular weight is 338 g/mol. The quantitative estimate of drug-likeness (QED) is 0.823. The van der Waals surface area contributed by atoms with Gasteiger partial charge in [-0.15, -0.1) is 11.3 Å². The summed E-state index contributed by atoms with van der Waals surface area (Å²) in [6, 6.07) is 0.180. The van der Waals surface area contributed by atoms with Crippen LogP contribution in [0.15, 0.2) is 5.51 Å². The van der Waals surface area contributed by atoms with Gasteiger partial charge in [-0.2, -0.15) is 0 Å². The second kappa shape index (κ2) is 8.40. The zero-order valence-electron chi connectivity index (χ0n) is 14.1. The summed E-state index contributed by atoms with van der Waals surface area (Å²) in [6.07, 6.45) is 1.75. The SMILES string of the molecule is Cc1ncsc1C(=O)NC1CCN(CC(=O)NCC(C)C)CC1. The largest absolute Gasteiger partial charge is 0.355 e. The highest BCUT2D eigenvalue weighted by Gasteiger charge is 2.23. The minimum absolute atomic E-state index is 0.0295. The summed E-state index contributed by atoms with van der Waals surface area (Å²) in [4.78, 5) is 31.0. The van der Waals surface area contributed by atoms with E-state index in [1.807, 2.05) is 6.92 Å². The van der Waals surface area contributed by atoms with Crippen molar-refractivity contribution >= 4 is 23.2 Å². The minimum Gasteiger partial charge on any atom is -0.355 e. The molecule has 0 atom stereocenters. The van der Waals surface area contributed by atoms with Crippen LogP contribution in [0.1, 0.15) is 42.1 Å². The number of nitrogens with zero attached hydrogens (tertiary/aromatic N) is 2. The van der Waals surface area contributed by atoms with E-state index in [1.165, 1.54) is 11.3 Å². The first-order valence-corrected chi connectivity index (χ1v) is 9.03. The molecule has 1 aromatic heterocycles. The molecular weight excluding hydrogens is 312 g/mol. The van der Waals surface area contributed by atoms with Crippen molar-refractivity contribution in [3.63, 3.8) is 0 Å². The van der Waals surface area contributed by atoms with Crippen LogP contribution in [0.25, 0.3) is 0 Å². The Morgan fingerprint density at radius 2 is 2.09 bits per heavy atom. The number of piperidine rings is 1. The smallest absolute Gasteiger partial charge is 0.263 e. The third-order valence-electron chi connectivity index (χ3n) is 3.95. The molecular formula is C16H26N4O2S. The van der Waals surface area contributed by atoms with Gasteiger partial charge in [-0.25, -0.2) is 4.98 Å². The van der Waals surface area contributed by atoms with E-state index in [0.717, 1.165) is 38.2 Å². The highest BCUT2D eigenvalue weighted by atomic mass is 32.1. The predicted octanol–water partition coefficient (Wildman–Crippen LogP) is 1.42. The summed E-state index contributed by atoms with van der Waals surface area (Å²) in [7, 11) is 0. The van der Waals surface area contributed by atoms with Crippen LogP contribution in [0.4, 0.5) is 0 Å². The monoisotopic (exact) mass is 338 g/mol. The Kier molecular flexibility index (Phi) is 6.53. The molecule has 1 fully saturated rings. The first-order chi connectivity index (χ1) is 11.0. The molecule has 0 radical (unpaired) electrons. The lowest BCUT2D eigenvalue weighted by Gasteiger charge is -2.31. The number of likely N-dealkylation sites (tertiary alicyclic amines) is 1. The number of amides is 2. The van der Waals surface area contributed by atoms with E-state index in [-0.39, 0.29) is 17.9 Å². The van der Waals surface area contributed by atoms with Crippen molar-refractivity contribution in [2.45, 2.75) is 39.7 Å². The fourth-order valence-corrected chi connectivity index (χ4v) is 3.29. The molecule has 7 heteroatoms. The molecule has 1 saturated heterocycles. The molecule has 23 heavy (non-hydrogen) atoms. The Bertz CT molecular complexity index is 536. The van der Waals surface area contributed by atoms with Gasteiger partial charge < -0.3 is 10.6 Å². The molecule has 2 N–H and O–H groups in total. The molecule has 128 valence electrons. The molecule has 1 aliphatic heterocycles. The number of aryl methyl sites for hydroxylation is 1. The standard InChI is InChI=1S/C16H26N4O2S/c1-11(2)8-17-14(21)9-20-6-4-13(5-7-20)19-16(22)15-12(3)18-10-23-15/h10-11,13H,4-9H2,1-3H3,(H,17,21)(H,19,22). The summed E-state index contributed by atoms with van der Waals surface area (Å²) < 4.78 is 0. The maximum Gasteiger partial charge on any atom is 0.263 e. The number of hydrogen-bond donors (Lipinski definition) is 2. The van der Waals surface area contributed by atoms with Crippen molar-refractivity contribution < 1.29 is 9.59 Å². The Balaban J connectivity index is 1.71. The van der Waals surface area contributed by atoms with Gasteiger partial charge in [0.15, 0.2) is 0 Å². The third kappa shape index (κ3) is 5.58. The van der Waals surface area contributed by atoms with Gasteiger partial charge in [-0.1, -0.05) is 13.8 Å². The van der Waals surface area contributed by atoms with Crippen molar-refractivity contribution in [2.75, 3.05) is 26.2 Å². The van der Waals surface area contributed by atoms with Gasteiger partial charge in [0, 0.05) is 25.7 Å². The molecule has 0 aliphatic carbocycles. The van der Waals surface area contributed by atoms with Crippen LogP contribution in [0, 0.1) is 12.8 Å². The zero-order chi connectivity index (χ0) is 16.8. The number of carbonyl (C=O) groups excluding carboxylic acids is 2. The van der Waals surface area contributed by atoms with Crippen LogP contribution < -0.4 is 10.6 Å². The summed E-state index contributed by atoms with van der Waals surface area (Å²) in [5.74, 6) is 0.523. The van der Waals surface area contributed by atoms with E-state index in [2.05, 4.69) is 34.4 Å². The molecule has 0 saturated carbocycles. The second-order valence-electron chi connectivity index (χ2n) is 6.49. The number of aromatic nitrogens is 1. The van der Waals surface area contributed by atoms with Crippen LogP contribution in [0.3, 0.4) is 0 Å². The maximum absolute atomic E-state index is 12.2.